The van der Waals surface area contributed by atoms with Crippen molar-refractivity contribution in [3.63, 3.8) is 0 Å². The van der Waals surface area contributed by atoms with Crippen LogP contribution in [-0.2, 0) is 10.0 Å². The lowest BCUT2D eigenvalue weighted by molar-refractivity contribution is 0.0951. The van der Waals surface area contributed by atoms with E-state index >= 15 is 0 Å². The maximum absolute atomic E-state index is 12.4. The lowest BCUT2D eigenvalue weighted by atomic mass is 10.2. The number of hydrogen-bond acceptors (Lipinski definition) is 3. The second kappa shape index (κ2) is 6.63. The van der Waals surface area contributed by atoms with Crippen molar-refractivity contribution in [2.24, 2.45) is 0 Å². The molecule has 0 aromatic heterocycles. The summed E-state index contributed by atoms with van der Waals surface area (Å²) in [6, 6.07) is 10.6. The zero-order valence-corrected chi connectivity index (χ0v) is 14.8. The molecule has 8 heteroatoms. The summed E-state index contributed by atoms with van der Waals surface area (Å²) >= 11 is 11.7. The molecule has 0 unspecified atom stereocenters. The molecule has 1 aliphatic rings. The van der Waals surface area contributed by atoms with Crippen molar-refractivity contribution in [1.29, 1.82) is 0 Å². The summed E-state index contributed by atoms with van der Waals surface area (Å²) in [7, 11) is -3.83. The number of anilines is 1. The van der Waals surface area contributed by atoms with Crippen molar-refractivity contribution < 1.29 is 13.2 Å². The summed E-state index contributed by atoms with van der Waals surface area (Å²) in [6.45, 7) is 0. The SMILES string of the molecule is O=C(NC1CC1)c1cccc(NS(=O)(=O)c2ccc(Cl)c(Cl)c2)c1. The number of halogens is 2. The van der Waals surface area contributed by atoms with E-state index in [1.807, 2.05) is 0 Å². The second-order valence-corrected chi connectivity index (χ2v) is 8.01. The average molecular weight is 385 g/mol. The van der Waals surface area contributed by atoms with Crippen LogP contribution >= 0.6 is 23.2 Å². The van der Waals surface area contributed by atoms with Crippen LogP contribution in [0.25, 0.3) is 0 Å². The van der Waals surface area contributed by atoms with Gasteiger partial charge >= 0.3 is 0 Å². The van der Waals surface area contributed by atoms with Crippen molar-refractivity contribution in [3.05, 3.63) is 58.1 Å². The van der Waals surface area contributed by atoms with E-state index in [0.717, 1.165) is 12.8 Å². The van der Waals surface area contributed by atoms with Gasteiger partial charge < -0.3 is 5.32 Å². The standard InChI is InChI=1S/C16H14Cl2N2O3S/c17-14-7-6-13(9-15(14)18)24(22,23)20-12-3-1-2-10(8-12)16(21)19-11-4-5-11/h1-3,6-9,11,20H,4-5H2,(H,19,21). The van der Waals surface area contributed by atoms with Gasteiger partial charge in [0, 0.05) is 17.3 Å². The zero-order valence-electron chi connectivity index (χ0n) is 12.4. The fraction of sp³-hybridized carbons (Fsp3) is 0.188. The molecule has 1 amide bonds. The van der Waals surface area contributed by atoms with E-state index in [2.05, 4.69) is 10.0 Å². The number of nitrogens with one attached hydrogen (secondary N) is 2. The first kappa shape index (κ1) is 17.1. The Morgan fingerprint density at radius 2 is 1.79 bits per heavy atom. The predicted molar refractivity (Wildman–Crippen MR) is 94.2 cm³/mol. The van der Waals surface area contributed by atoms with Gasteiger partial charge in [-0.1, -0.05) is 29.3 Å². The van der Waals surface area contributed by atoms with Gasteiger partial charge in [0.05, 0.1) is 14.9 Å². The molecule has 2 aromatic rings. The maximum atomic E-state index is 12.4. The Bertz CT molecular complexity index is 896. The number of hydrogen-bond donors (Lipinski definition) is 2. The third-order valence-electron chi connectivity index (χ3n) is 3.49. The van der Waals surface area contributed by atoms with Crippen LogP contribution in [0.3, 0.4) is 0 Å². The minimum atomic E-state index is -3.83. The highest BCUT2D eigenvalue weighted by Gasteiger charge is 2.24. The molecule has 0 aliphatic heterocycles. The first-order chi connectivity index (χ1) is 11.3. The van der Waals surface area contributed by atoms with Crippen molar-refractivity contribution in [1.82, 2.24) is 5.32 Å². The van der Waals surface area contributed by atoms with Crippen LogP contribution in [0.2, 0.25) is 10.0 Å². The minimum Gasteiger partial charge on any atom is -0.349 e. The Labute approximate surface area is 150 Å². The molecule has 0 radical (unpaired) electrons. The number of rotatable bonds is 5. The number of benzene rings is 2. The lowest BCUT2D eigenvalue weighted by Crippen LogP contribution is -2.25. The molecule has 0 saturated heterocycles. The van der Waals surface area contributed by atoms with Crippen LogP contribution in [0, 0.1) is 0 Å². The molecule has 0 bridgehead atoms. The fourth-order valence-corrected chi connectivity index (χ4v) is 3.52. The first-order valence-corrected chi connectivity index (χ1v) is 9.48. The number of carbonyl (C=O) groups is 1. The molecule has 1 aliphatic carbocycles. The van der Waals surface area contributed by atoms with Crippen LogP contribution in [0.15, 0.2) is 47.4 Å². The predicted octanol–water partition coefficient (Wildman–Crippen LogP) is 3.69. The molecule has 0 heterocycles. The molecule has 2 N–H and O–H groups in total. The Balaban J connectivity index is 1.81. The molecular formula is C16H14Cl2N2O3S. The number of amides is 1. The molecule has 0 atom stereocenters. The maximum Gasteiger partial charge on any atom is 0.261 e. The van der Waals surface area contributed by atoms with Gasteiger partial charge in [-0.15, -0.1) is 0 Å². The van der Waals surface area contributed by atoms with Crippen LogP contribution in [-0.4, -0.2) is 20.4 Å². The molecular weight excluding hydrogens is 371 g/mol. The van der Waals surface area contributed by atoms with Gasteiger partial charge in [0.1, 0.15) is 0 Å². The Morgan fingerprint density at radius 1 is 1.04 bits per heavy atom. The number of carbonyl (C=O) groups excluding carboxylic acids is 1. The Hall–Kier alpha value is -1.76. The van der Waals surface area contributed by atoms with Crippen molar-refractivity contribution >= 4 is 44.8 Å². The molecule has 3 rings (SSSR count). The van der Waals surface area contributed by atoms with E-state index in [0.29, 0.717) is 11.3 Å². The summed E-state index contributed by atoms with van der Waals surface area (Å²) in [5.74, 6) is -0.215. The first-order valence-electron chi connectivity index (χ1n) is 7.24. The third kappa shape index (κ3) is 4.01. The van der Waals surface area contributed by atoms with Gasteiger partial charge in [-0.05, 0) is 49.2 Å². The lowest BCUT2D eigenvalue weighted by Gasteiger charge is -2.10. The highest BCUT2D eigenvalue weighted by Crippen LogP contribution is 2.26. The average Bonchev–Trinajstić information content (AvgIpc) is 3.33. The molecule has 126 valence electrons. The monoisotopic (exact) mass is 384 g/mol. The topological polar surface area (TPSA) is 75.3 Å². The Kier molecular flexibility index (Phi) is 4.71. The minimum absolute atomic E-state index is 0.00950. The van der Waals surface area contributed by atoms with E-state index in [9.17, 15) is 13.2 Å². The highest BCUT2D eigenvalue weighted by molar-refractivity contribution is 7.92. The van der Waals surface area contributed by atoms with Gasteiger partial charge in [0.15, 0.2) is 0 Å². The van der Waals surface area contributed by atoms with Crippen LogP contribution in [0.4, 0.5) is 5.69 Å². The van der Waals surface area contributed by atoms with E-state index in [1.165, 1.54) is 24.3 Å². The van der Waals surface area contributed by atoms with Crippen LogP contribution in [0.1, 0.15) is 23.2 Å². The number of sulfonamides is 1. The van der Waals surface area contributed by atoms with Crippen LogP contribution < -0.4 is 10.0 Å². The van der Waals surface area contributed by atoms with Crippen LogP contribution in [0.5, 0.6) is 0 Å². The van der Waals surface area contributed by atoms with Crippen molar-refractivity contribution in [3.8, 4) is 0 Å². The van der Waals surface area contributed by atoms with E-state index in [4.69, 9.17) is 23.2 Å². The smallest absolute Gasteiger partial charge is 0.261 e. The summed E-state index contributed by atoms with van der Waals surface area (Å²) in [6.07, 6.45) is 1.96. The molecule has 1 fully saturated rings. The van der Waals surface area contributed by atoms with Gasteiger partial charge in [0.25, 0.3) is 15.9 Å². The molecule has 5 nitrogen and oxygen atoms in total. The summed E-state index contributed by atoms with van der Waals surface area (Å²) in [5, 5.41) is 3.28. The third-order valence-corrected chi connectivity index (χ3v) is 5.61. The van der Waals surface area contributed by atoms with Crippen molar-refractivity contribution in [2.45, 2.75) is 23.8 Å². The molecule has 24 heavy (non-hydrogen) atoms. The zero-order chi connectivity index (χ0) is 17.3. The summed E-state index contributed by atoms with van der Waals surface area (Å²) in [5.41, 5.74) is 0.695. The van der Waals surface area contributed by atoms with Gasteiger partial charge in [0.2, 0.25) is 0 Å². The molecule has 2 aromatic carbocycles. The van der Waals surface area contributed by atoms with Crippen molar-refractivity contribution in [2.75, 3.05) is 4.72 Å². The Morgan fingerprint density at radius 3 is 2.46 bits per heavy atom. The van der Waals surface area contributed by atoms with Gasteiger partial charge in [-0.2, -0.15) is 0 Å². The summed E-state index contributed by atoms with van der Waals surface area (Å²) in [4.78, 5) is 12.0. The molecule has 0 spiro atoms. The largest absolute Gasteiger partial charge is 0.349 e. The normalized spacial score (nSPS) is 14.2. The quantitative estimate of drug-likeness (QED) is 0.825. The molecule has 1 saturated carbocycles. The van der Waals surface area contributed by atoms with E-state index in [1.54, 1.807) is 18.2 Å². The van der Waals surface area contributed by atoms with E-state index in [-0.39, 0.29) is 26.9 Å². The fourth-order valence-electron chi connectivity index (χ4n) is 2.08. The van der Waals surface area contributed by atoms with E-state index < -0.39 is 10.0 Å². The van der Waals surface area contributed by atoms with Gasteiger partial charge in [-0.25, -0.2) is 8.42 Å². The van der Waals surface area contributed by atoms with Gasteiger partial charge in [-0.3, -0.25) is 9.52 Å². The second-order valence-electron chi connectivity index (χ2n) is 5.51. The summed E-state index contributed by atoms with van der Waals surface area (Å²) < 4.78 is 27.3. The highest BCUT2D eigenvalue weighted by atomic mass is 35.5.